The molecule has 0 bridgehead atoms. The Morgan fingerprint density at radius 3 is 2.40 bits per heavy atom. The van der Waals surface area contributed by atoms with Gasteiger partial charge in [0.25, 0.3) is 5.91 Å². The zero-order valence-electron chi connectivity index (χ0n) is 19.5. The van der Waals surface area contributed by atoms with E-state index in [2.05, 4.69) is 10.6 Å². The molecule has 0 spiro atoms. The minimum Gasteiger partial charge on any atom is -0.491 e. The van der Waals surface area contributed by atoms with Crippen molar-refractivity contribution in [3.63, 3.8) is 0 Å². The van der Waals surface area contributed by atoms with E-state index in [1.54, 1.807) is 18.2 Å². The molecular weight excluding hydrogens is 474 g/mol. The number of amides is 2. The topological polar surface area (TPSA) is 123 Å². The SMILES string of the molecule is Cc1ccc2c(c1)C(=O)NCCN(S(=O)(=O)c1ccc3c(c1)OCCO3)CCCC(=O)NCCO2. The molecule has 11 heteroatoms. The van der Waals surface area contributed by atoms with Gasteiger partial charge in [-0.15, -0.1) is 0 Å². The van der Waals surface area contributed by atoms with Crippen molar-refractivity contribution in [2.24, 2.45) is 0 Å². The van der Waals surface area contributed by atoms with Gasteiger partial charge in [0, 0.05) is 32.1 Å². The number of carbonyl (C=O) groups is 2. The molecule has 2 aromatic carbocycles. The molecule has 35 heavy (non-hydrogen) atoms. The highest BCUT2D eigenvalue weighted by atomic mass is 32.2. The molecule has 10 nitrogen and oxygen atoms in total. The number of sulfonamides is 1. The largest absolute Gasteiger partial charge is 0.491 e. The lowest BCUT2D eigenvalue weighted by molar-refractivity contribution is -0.121. The van der Waals surface area contributed by atoms with Crippen LogP contribution in [0.15, 0.2) is 41.3 Å². The number of fused-ring (bicyclic) bond motifs is 2. The number of carbonyl (C=O) groups excluding carboxylic acids is 2. The van der Waals surface area contributed by atoms with Gasteiger partial charge in [-0.05, 0) is 37.6 Å². The smallest absolute Gasteiger partial charge is 0.255 e. The van der Waals surface area contributed by atoms with E-state index in [0.29, 0.717) is 42.4 Å². The zero-order valence-corrected chi connectivity index (χ0v) is 20.4. The van der Waals surface area contributed by atoms with Gasteiger partial charge in [0.2, 0.25) is 15.9 Å². The third kappa shape index (κ3) is 6.04. The van der Waals surface area contributed by atoms with E-state index in [1.807, 2.05) is 13.0 Å². The molecule has 188 valence electrons. The summed E-state index contributed by atoms with van der Waals surface area (Å²) in [6, 6.07) is 9.75. The number of nitrogens with zero attached hydrogens (tertiary/aromatic N) is 1. The number of aryl methyl sites for hydroxylation is 1. The van der Waals surface area contributed by atoms with Gasteiger partial charge >= 0.3 is 0 Å². The molecule has 0 unspecified atom stereocenters. The van der Waals surface area contributed by atoms with Crippen LogP contribution in [-0.4, -0.2) is 70.5 Å². The van der Waals surface area contributed by atoms with Crippen molar-refractivity contribution in [2.45, 2.75) is 24.7 Å². The summed E-state index contributed by atoms with van der Waals surface area (Å²) in [5, 5.41) is 5.56. The molecule has 2 heterocycles. The minimum atomic E-state index is -3.92. The Hall–Kier alpha value is -3.31. The van der Waals surface area contributed by atoms with E-state index in [1.165, 1.54) is 16.4 Å². The van der Waals surface area contributed by atoms with E-state index in [4.69, 9.17) is 14.2 Å². The first kappa shape index (κ1) is 24.8. The van der Waals surface area contributed by atoms with Gasteiger partial charge in [-0.2, -0.15) is 4.31 Å². The van der Waals surface area contributed by atoms with Crippen LogP contribution >= 0.6 is 0 Å². The molecule has 2 aromatic rings. The normalized spacial score (nSPS) is 18.2. The van der Waals surface area contributed by atoms with Crippen LogP contribution in [0.1, 0.15) is 28.8 Å². The Kier molecular flexibility index (Phi) is 7.76. The van der Waals surface area contributed by atoms with Crippen LogP contribution in [0, 0.1) is 6.92 Å². The zero-order chi connectivity index (χ0) is 24.8. The number of rotatable bonds is 2. The molecular formula is C24H29N3O7S. The maximum absolute atomic E-state index is 13.5. The summed E-state index contributed by atoms with van der Waals surface area (Å²) in [6.45, 7) is 3.32. The number of hydrogen-bond donors (Lipinski definition) is 2. The number of benzene rings is 2. The van der Waals surface area contributed by atoms with Gasteiger partial charge in [-0.25, -0.2) is 8.42 Å². The van der Waals surface area contributed by atoms with E-state index < -0.39 is 10.0 Å². The van der Waals surface area contributed by atoms with Crippen LogP contribution in [0.3, 0.4) is 0 Å². The standard InChI is InChI=1S/C24H29N3O7S/c1-17-4-6-20-19(15-17)24(29)26-8-11-27(10-2-3-23(28)25-9-12-32-20)35(30,31)18-5-7-21-22(16-18)34-14-13-33-21/h4-7,15-16H,2-3,8-14H2,1H3,(H,25,28)(H,26,29). The number of ether oxygens (including phenoxy) is 3. The molecule has 0 saturated carbocycles. The van der Waals surface area contributed by atoms with Gasteiger partial charge in [-0.3, -0.25) is 9.59 Å². The molecule has 0 aromatic heterocycles. The van der Waals surface area contributed by atoms with E-state index in [0.717, 1.165) is 5.56 Å². The van der Waals surface area contributed by atoms with Crippen molar-refractivity contribution >= 4 is 21.8 Å². The molecule has 0 radical (unpaired) electrons. The molecule has 0 atom stereocenters. The Bertz CT molecular complexity index is 1200. The summed E-state index contributed by atoms with van der Waals surface area (Å²) in [4.78, 5) is 25.2. The summed E-state index contributed by atoms with van der Waals surface area (Å²) < 4.78 is 45.0. The fraction of sp³-hybridized carbons (Fsp3) is 0.417. The molecule has 2 aliphatic heterocycles. The Morgan fingerprint density at radius 1 is 0.829 bits per heavy atom. The highest BCUT2D eigenvalue weighted by Gasteiger charge is 2.27. The number of hydrogen-bond acceptors (Lipinski definition) is 7. The highest BCUT2D eigenvalue weighted by Crippen LogP contribution is 2.33. The maximum atomic E-state index is 13.5. The van der Waals surface area contributed by atoms with Gasteiger partial charge in [-0.1, -0.05) is 11.6 Å². The van der Waals surface area contributed by atoms with Crippen LogP contribution in [0.5, 0.6) is 17.2 Å². The second-order valence-corrected chi connectivity index (χ2v) is 10.2. The predicted octanol–water partition coefficient (Wildman–Crippen LogP) is 1.48. The van der Waals surface area contributed by atoms with Crippen molar-refractivity contribution in [3.05, 3.63) is 47.5 Å². The average molecular weight is 504 g/mol. The Morgan fingerprint density at radius 2 is 1.57 bits per heavy atom. The second-order valence-electron chi connectivity index (χ2n) is 8.27. The van der Waals surface area contributed by atoms with Crippen LogP contribution in [0.2, 0.25) is 0 Å². The molecule has 0 aliphatic carbocycles. The molecule has 2 N–H and O–H groups in total. The van der Waals surface area contributed by atoms with E-state index in [9.17, 15) is 18.0 Å². The highest BCUT2D eigenvalue weighted by molar-refractivity contribution is 7.89. The van der Waals surface area contributed by atoms with Crippen LogP contribution in [0.25, 0.3) is 0 Å². The van der Waals surface area contributed by atoms with Gasteiger partial charge in [0.15, 0.2) is 11.5 Å². The first-order chi connectivity index (χ1) is 16.8. The van der Waals surface area contributed by atoms with E-state index in [-0.39, 0.29) is 55.9 Å². The summed E-state index contributed by atoms with van der Waals surface area (Å²) in [7, 11) is -3.92. The van der Waals surface area contributed by atoms with Crippen molar-refractivity contribution in [3.8, 4) is 17.2 Å². The van der Waals surface area contributed by atoms with Crippen LogP contribution in [-0.2, 0) is 14.8 Å². The van der Waals surface area contributed by atoms with Crippen molar-refractivity contribution in [1.29, 1.82) is 0 Å². The van der Waals surface area contributed by atoms with E-state index >= 15 is 0 Å². The van der Waals surface area contributed by atoms with Crippen LogP contribution in [0.4, 0.5) is 0 Å². The monoisotopic (exact) mass is 503 g/mol. The maximum Gasteiger partial charge on any atom is 0.255 e. The number of nitrogens with one attached hydrogen (secondary N) is 2. The van der Waals surface area contributed by atoms with Crippen molar-refractivity contribution < 1.29 is 32.2 Å². The molecule has 2 aliphatic rings. The summed E-state index contributed by atoms with van der Waals surface area (Å²) >= 11 is 0. The summed E-state index contributed by atoms with van der Waals surface area (Å²) in [6.07, 6.45) is 0.485. The van der Waals surface area contributed by atoms with Gasteiger partial charge in [0.05, 0.1) is 17.0 Å². The third-order valence-electron chi connectivity index (χ3n) is 5.67. The lowest BCUT2D eigenvalue weighted by atomic mass is 10.1. The van der Waals surface area contributed by atoms with Crippen molar-refractivity contribution in [1.82, 2.24) is 14.9 Å². The van der Waals surface area contributed by atoms with Gasteiger partial charge in [0.1, 0.15) is 25.6 Å². The minimum absolute atomic E-state index is 0.0339. The lowest BCUT2D eigenvalue weighted by Crippen LogP contribution is -2.39. The predicted molar refractivity (Wildman–Crippen MR) is 127 cm³/mol. The first-order valence-corrected chi connectivity index (χ1v) is 13.0. The van der Waals surface area contributed by atoms with Crippen LogP contribution < -0.4 is 24.8 Å². The fourth-order valence-electron chi connectivity index (χ4n) is 3.88. The first-order valence-electron chi connectivity index (χ1n) is 11.5. The molecule has 0 saturated heterocycles. The third-order valence-corrected chi connectivity index (χ3v) is 7.57. The Balaban J connectivity index is 1.56. The fourth-order valence-corrected chi connectivity index (χ4v) is 5.37. The lowest BCUT2D eigenvalue weighted by Gasteiger charge is -2.24. The quantitative estimate of drug-likeness (QED) is 0.636. The summed E-state index contributed by atoms with van der Waals surface area (Å²) in [5.74, 6) is 0.707. The van der Waals surface area contributed by atoms with Crippen molar-refractivity contribution in [2.75, 3.05) is 46.0 Å². The molecule has 0 fully saturated rings. The molecule has 2 amide bonds. The average Bonchev–Trinajstić information content (AvgIpc) is 2.85. The molecule has 4 rings (SSSR count). The Labute approximate surface area is 204 Å². The summed E-state index contributed by atoms with van der Waals surface area (Å²) in [5.41, 5.74) is 1.24. The van der Waals surface area contributed by atoms with Gasteiger partial charge < -0.3 is 24.8 Å². The second kappa shape index (κ2) is 11.0.